The number of rotatable bonds is 3. The maximum atomic E-state index is 14.9. The summed E-state index contributed by atoms with van der Waals surface area (Å²) in [6.45, 7) is 6.75. The monoisotopic (exact) mass is 426 g/mol. The molecule has 0 radical (unpaired) electrons. The van der Waals surface area contributed by atoms with E-state index in [1.54, 1.807) is 37.8 Å². The zero-order chi connectivity index (χ0) is 22.1. The van der Waals surface area contributed by atoms with Crippen LogP contribution >= 0.6 is 0 Å². The maximum Gasteiger partial charge on any atom is 0.410 e. The third-order valence-electron chi connectivity index (χ3n) is 5.39. The Morgan fingerprint density at radius 2 is 1.73 bits per heavy atom. The number of nitro groups is 1. The molecule has 2 heterocycles. The van der Waals surface area contributed by atoms with Crippen molar-refractivity contribution in [2.75, 3.05) is 44.2 Å². The van der Waals surface area contributed by atoms with Gasteiger partial charge in [0, 0.05) is 50.5 Å². The molecule has 0 spiro atoms. The van der Waals surface area contributed by atoms with Gasteiger partial charge in [-0.1, -0.05) is 0 Å². The van der Waals surface area contributed by atoms with E-state index in [0.717, 1.165) is 10.6 Å². The fourth-order valence-electron chi connectivity index (χ4n) is 3.94. The minimum Gasteiger partial charge on any atom is -0.444 e. The van der Waals surface area contributed by atoms with Crippen molar-refractivity contribution in [2.45, 2.75) is 44.8 Å². The van der Waals surface area contributed by atoms with Crippen LogP contribution in [0.2, 0.25) is 0 Å². The first-order chi connectivity index (χ1) is 14.0. The summed E-state index contributed by atoms with van der Waals surface area (Å²) in [4.78, 5) is 27.4. The number of piperidine rings is 1. The number of nitro benzene ring substituents is 1. The van der Waals surface area contributed by atoms with Gasteiger partial charge in [0.2, 0.25) is 0 Å². The number of hydrogen-bond donors (Lipinski definition) is 0. The summed E-state index contributed by atoms with van der Waals surface area (Å²) in [6.07, 6.45) is -0.521. The topological polar surface area (TPSA) is 79.2 Å². The predicted octanol–water partition coefficient (Wildman–Crippen LogP) is 3.36. The van der Waals surface area contributed by atoms with Crippen LogP contribution in [-0.4, -0.2) is 77.7 Å². The molecule has 3 rings (SSSR count). The van der Waals surface area contributed by atoms with Crippen LogP contribution in [0.4, 0.5) is 25.0 Å². The van der Waals surface area contributed by atoms with Crippen LogP contribution in [0.25, 0.3) is 0 Å². The average Bonchev–Trinajstić information content (AvgIpc) is 2.66. The molecule has 10 heteroatoms. The number of piperazine rings is 1. The van der Waals surface area contributed by atoms with Gasteiger partial charge in [0.15, 0.2) is 0 Å². The molecule has 2 aliphatic heterocycles. The number of carbonyl (C=O) groups excluding carboxylic acids is 1. The molecule has 8 nitrogen and oxygen atoms in total. The highest BCUT2D eigenvalue weighted by Crippen LogP contribution is 2.33. The van der Waals surface area contributed by atoms with Crippen LogP contribution in [0.5, 0.6) is 0 Å². The second-order valence-corrected chi connectivity index (χ2v) is 8.76. The fraction of sp³-hybridized carbons (Fsp3) is 0.650. The molecule has 1 aromatic carbocycles. The Labute approximate surface area is 174 Å². The lowest BCUT2D eigenvalue weighted by Gasteiger charge is -2.46. The molecule has 0 aromatic heterocycles. The molecule has 0 unspecified atom stereocenters. The first kappa shape index (κ1) is 22.2. The lowest BCUT2D eigenvalue weighted by Crippen LogP contribution is -2.62. The summed E-state index contributed by atoms with van der Waals surface area (Å²) in [5.41, 5.74) is 0.137. The molecule has 2 aliphatic rings. The lowest BCUT2D eigenvalue weighted by atomic mass is 9.98. The lowest BCUT2D eigenvalue weighted by molar-refractivity contribution is -0.384. The van der Waals surface area contributed by atoms with Gasteiger partial charge in [-0.25, -0.2) is 13.6 Å². The molecule has 0 aliphatic carbocycles. The molecular formula is C20H28F2N4O4. The molecule has 2 fully saturated rings. The number of non-ortho nitro benzene ring substituents is 1. The van der Waals surface area contributed by atoms with Gasteiger partial charge in [-0.15, -0.1) is 0 Å². The van der Waals surface area contributed by atoms with Crippen molar-refractivity contribution >= 4 is 17.5 Å². The highest BCUT2D eigenvalue weighted by molar-refractivity contribution is 5.68. The van der Waals surface area contributed by atoms with Gasteiger partial charge >= 0.3 is 6.09 Å². The highest BCUT2D eigenvalue weighted by atomic mass is 19.3. The Hall–Kier alpha value is -2.49. The number of nitrogens with zero attached hydrogens (tertiary/aromatic N) is 4. The van der Waals surface area contributed by atoms with Crippen LogP contribution in [0, 0.1) is 10.1 Å². The number of anilines is 1. The van der Waals surface area contributed by atoms with Gasteiger partial charge < -0.3 is 14.5 Å². The molecule has 0 saturated carbocycles. The van der Waals surface area contributed by atoms with Gasteiger partial charge in [0.1, 0.15) is 5.60 Å². The van der Waals surface area contributed by atoms with Crippen molar-refractivity contribution in [2.24, 2.45) is 0 Å². The minimum absolute atomic E-state index is 0.0220. The largest absolute Gasteiger partial charge is 0.444 e. The number of likely N-dealkylation sites (tertiary alicyclic amines) is 1. The predicted molar refractivity (Wildman–Crippen MR) is 108 cm³/mol. The van der Waals surface area contributed by atoms with E-state index in [9.17, 15) is 23.7 Å². The third kappa shape index (κ3) is 5.16. The number of alkyl halides is 2. The number of hydrogen-bond acceptors (Lipinski definition) is 6. The van der Waals surface area contributed by atoms with E-state index in [4.69, 9.17) is 4.74 Å². The summed E-state index contributed by atoms with van der Waals surface area (Å²) < 4.78 is 35.0. The number of benzene rings is 1. The van der Waals surface area contributed by atoms with Gasteiger partial charge in [0.05, 0.1) is 17.5 Å². The Balaban J connectivity index is 1.56. The van der Waals surface area contributed by atoms with E-state index in [0.29, 0.717) is 26.2 Å². The van der Waals surface area contributed by atoms with Crippen molar-refractivity contribution in [3.63, 3.8) is 0 Å². The number of carbonyl (C=O) groups is 1. The van der Waals surface area contributed by atoms with E-state index >= 15 is 0 Å². The van der Waals surface area contributed by atoms with Crippen LogP contribution in [0.15, 0.2) is 24.3 Å². The third-order valence-corrected chi connectivity index (χ3v) is 5.39. The number of amides is 1. The molecule has 0 N–H and O–H groups in total. The van der Waals surface area contributed by atoms with E-state index < -0.39 is 35.1 Å². The van der Waals surface area contributed by atoms with Gasteiger partial charge in [0.25, 0.3) is 11.6 Å². The van der Waals surface area contributed by atoms with E-state index in [2.05, 4.69) is 0 Å². The highest BCUT2D eigenvalue weighted by Gasteiger charge is 2.49. The molecule has 1 amide bonds. The Bertz CT molecular complexity index is 774. The molecule has 166 valence electrons. The van der Waals surface area contributed by atoms with Crippen molar-refractivity contribution in [1.29, 1.82) is 0 Å². The van der Waals surface area contributed by atoms with Crippen molar-refractivity contribution in [3.8, 4) is 0 Å². The number of ether oxygens (including phenoxy) is 1. The SMILES string of the molecule is CC(C)(C)OC(=O)N1CC[C@H](N2CCN(c3ccc([N+](=O)[O-])cc3)CC2)C(F)(F)C1. The van der Waals surface area contributed by atoms with Crippen molar-refractivity contribution in [3.05, 3.63) is 34.4 Å². The number of halogens is 2. The normalized spacial score (nSPS) is 22.6. The Kier molecular flexibility index (Phi) is 6.16. The first-order valence-corrected chi connectivity index (χ1v) is 10.1. The standard InChI is InChI=1S/C20H28F2N4O4/c1-19(2,3)30-18(27)25-9-8-17(20(21,22)14-25)24-12-10-23(11-13-24)15-4-6-16(7-5-15)26(28)29/h4-7,17H,8-14H2,1-3H3/t17-/m0/s1. The molecular weight excluding hydrogens is 398 g/mol. The molecule has 1 aromatic rings. The van der Waals surface area contributed by atoms with E-state index in [1.807, 2.05) is 4.90 Å². The summed E-state index contributed by atoms with van der Waals surface area (Å²) in [7, 11) is 0. The summed E-state index contributed by atoms with van der Waals surface area (Å²) in [6, 6.07) is 5.34. The van der Waals surface area contributed by atoms with Gasteiger partial charge in [-0.05, 0) is 39.3 Å². The second kappa shape index (κ2) is 8.33. The van der Waals surface area contributed by atoms with Crippen LogP contribution in [-0.2, 0) is 4.74 Å². The summed E-state index contributed by atoms with van der Waals surface area (Å²) >= 11 is 0. The van der Waals surface area contributed by atoms with Crippen LogP contribution in [0.3, 0.4) is 0 Å². The van der Waals surface area contributed by atoms with Crippen molar-refractivity contribution < 1.29 is 23.2 Å². The van der Waals surface area contributed by atoms with E-state index in [1.165, 1.54) is 12.1 Å². The zero-order valence-electron chi connectivity index (χ0n) is 17.5. The minimum atomic E-state index is -3.02. The van der Waals surface area contributed by atoms with Crippen LogP contribution < -0.4 is 4.90 Å². The molecule has 2 saturated heterocycles. The average molecular weight is 426 g/mol. The second-order valence-electron chi connectivity index (χ2n) is 8.76. The molecule has 30 heavy (non-hydrogen) atoms. The molecule has 0 bridgehead atoms. The van der Waals surface area contributed by atoms with Gasteiger partial charge in [-0.3, -0.25) is 15.0 Å². The van der Waals surface area contributed by atoms with Crippen LogP contribution in [0.1, 0.15) is 27.2 Å². The summed E-state index contributed by atoms with van der Waals surface area (Å²) in [5.74, 6) is -3.02. The van der Waals surface area contributed by atoms with Crippen molar-refractivity contribution in [1.82, 2.24) is 9.80 Å². The van der Waals surface area contributed by atoms with E-state index in [-0.39, 0.29) is 18.7 Å². The summed E-state index contributed by atoms with van der Waals surface area (Å²) in [5, 5.41) is 10.8. The first-order valence-electron chi connectivity index (χ1n) is 10.1. The Morgan fingerprint density at radius 3 is 2.23 bits per heavy atom. The Morgan fingerprint density at radius 1 is 1.13 bits per heavy atom. The fourth-order valence-corrected chi connectivity index (χ4v) is 3.94. The smallest absolute Gasteiger partial charge is 0.410 e. The molecule has 1 atom stereocenters. The van der Waals surface area contributed by atoms with Gasteiger partial charge in [-0.2, -0.15) is 0 Å². The maximum absolute atomic E-state index is 14.9. The quantitative estimate of drug-likeness (QED) is 0.545. The zero-order valence-corrected chi connectivity index (χ0v) is 17.5.